The van der Waals surface area contributed by atoms with E-state index in [4.69, 9.17) is 0 Å². The van der Waals surface area contributed by atoms with Gasteiger partial charge < -0.3 is 0 Å². The Labute approximate surface area is 105 Å². The van der Waals surface area contributed by atoms with Gasteiger partial charge >= 0.3 is 0 Å². The van der Waals surface area contributed by atoms with Crippen LogP contribution in [0.25, 0.3) is 0 Å². The lowest BCUT2D eigenvalue weighted by molar-refractivity contribution is -0.120. The Kier molecular flexibility index (Phi) is 3.35. The molecule has 0 N–H and O–H groups in total. The monoisotopic (exact) mass is 232 g/mol. The van der Waals surface area contributed by atoms with E-state index in [0.29, 0.717) is 11.7 Å². The van der Waals surface area contributed by atoms with Gasteiger partial charge in [0.05, 0.1) is 0 Å². The van der Waals surface area contributed by atoms with E-state index in [-0.39, 0.29) is 0 Å². The summed E-state index contributed by atoms with van der Waals surface area (Å²) >= 11 is 0. The maximum Gasteiger partial charge on any atom is 0.161 e. The molecular weight excluding hydrogens is 208 g/mol. The molecule has 3 aliphatic carbocycles. The molecule has 0 aromatic heterocycles. The first kappa shape index (κ1) is 11.5. The van der Waals surface area contributed by atoms with E-state index in [1.165, 1.54) is 56.9 Å². The highest BCUT2D eigenvalue weighted by atomic mass is 16.1. The number of carbonyl (C=O) groups excluding carboxylic acids is 1. The van der Waals surface area contributed by atoms with E-state index in [1.54, 1.807) is 0 Å². The Bertz CT molecular complexity index is 328. The van der Waals surface area contributed by atoms with Gasteiger partial charge in [-0.25, -0.2) is 0 Å². The third-order valence-electron chi connectivity index (χ3n) is 5.18. The summed E-state index contributed by atoms with van der Waals surface area (Å²) in [5.41, 5.74) is 1.20. The first-order valence-corrected chi connectivity index (χ1v) is 7.58. The molecule has 0 heterocycles. The van der Waals surface area contributed by atoms with Crippen LogP contribution in [-0.2, 0) is 4.79 Å². The molecule has 0 amide bonds. The number of hydrogen-bond acceptors (Lipinski definition) is 1. The number of rotatable bonds is 2. The fourth-order valence-corrected chi connectivity index (χ4v) is 4.22. The molecule has 0 saturated heterocycles. The third kappa shape index (κ3) is 2.34. The van der Waals surface area contributed by atoms with Crippen LogP contribution in [0.5, 0.6) is 0 Å². The summed E-state index contributed by atoms with van der Waals surface area (Å²) < 4.78 is 0. The molecule has 0 spiro atoms. The SMILES string of the molecule is O=C(C1=CCCCCCC1)C1CC2CCC1C2. The van der Waals surface area contributed by atoms with Crippen molar-refractivity contribution in [2.75, 3.05) is 0 Å². The summed E-state index contributed by atoms with van der Waals surface area (Å²) in [5, 5.41) is 0. The average molecular weight is 232 g/mol. The zero-order chi connectivity index (χ0) is 11.7. The van der Waals surface area contributed by atoms with Crippen LogP contribution >= 0.6 is 0 Å². The molecular formula is C16H24O. The normalized spacial score (nSPS) is 37.4. The van der Waals surface area contributed by atoms with E-state index in [2.05, 4.69) is 6.08 Å². The van der Waals surface area contributed by atoms with Crippen LogP contribution in [0.15, 0.2) is 11.6 Å². The van der Waals surface area contributed by atoms with Gasteiger partial charge in [0.15, 0.2) is 5.78 Å². The van der Waals surface area contributed by atoms with Crippen LogP contribution in [0.4, 0.5) is 0 Å². The van der Waals surface area contributed by atoms with Crippen molar-refractivity contribution in [3.8, 4) is 0 Å². The molecule has 2 fully saturated rings. The van der Waals surface area contributed by atoms with Crippen LogP contribution in [0.3, 0.4) is 0 Å². The fraction of sp³-hybridized carbons (Fsp3) is 0.812. The number of ketones is 1. The predicted octanol–water partition coefficient (Wildman–Crippen LogP) is 4.27. The molecule has 2 bridgehead atoms. The summed E-state index contributed by atoms with van der Waals surface area (Å²) in [5.74, 6) is 2.60. The molecule has 3 aliphatic rings. The van der Waals surface area contributed by atoms with E-state index in [9.17, 15) is 4.79 Å². The van der Waals surface area contributed by atoms with Crippen LogP contribution in [0.2, 0.25) is 0 Å². The van der Waals surface area contributed by atoms with Crippen LogP contribution < -0.4 is 0 Å². The molecule has 0 aromatic rings. The maximum atomic E-state index is 12.6. The van der Waals surface area contributed by atoms with E-state index in [0.717, 1.165) is 24.7 Å². The van der Waals surface area contributed by atoms with Crippen molar-refractivity contribution in [2.45, 2.75) is 64.2 Å². The Morgan fingerprint density at radius 1 is 1.06 bits per heavy atom. The molecule has 2 saturated carbocycles. The molecule has 1 heteroatoms. The Hall–Kier alpha value is -0.590. The number of carbonyl (C=O) groups is 1. The van der Waals surface area contributed by atoms with E-state index < -0.39 is 0 Å². The van der Waals surface area contributed by atoms with Gasteiger partial charge in [0.2, 0.25) is 0 Å². The molecule has 0 radical (unpaired) electrons. The zero-order valence-electron chi connectivity index (χ0n) is 10.8. The fourth-order valence-electron chi connectivity index (χ4n) is 4.22. The second kappa shape index (κ2) is 4.96. The summed E-state index contributed by atoms with van der Waals surface area (Å²) in [6.07, 6.45) is 15.0. The Morgan fingerprint density at radius 2 is 1.94 bits per heavy atom. The van der Waals surface area contributed by atoms with Crippen molar-refractivity contribution < 1.29 is 4.79 Å². The molecule has 3 rings (SSSR count). The van der Waals surface area contributed by atoms with Crippen molar-refractivity contribution in [3.05, 3.63) is 11.6 Å². The minimum Gasteiger partial charge on any atom is -0.294 e. The first-order chi connectivity index (χ1) is 8.34. The highest BCUT2D eigenvalue weighted by molar-refractivity contribution is 5.97. The molecule has 3 atom stereocenters. The highest BCUT2D eigenvalue weighted by Gasteiger charge is 2.43. The van der Waals surface area contributed by atoms with Gasteiger partial charge in [0, 0.05) is 5.92 Å². The Balaban J connectivity index is 1.68. The molecule has 1 nitrogen and oxygen atoms in total. The van der Waals surface area contributed by atoms with E-state index >= 15 is 0 Å². The summed E-state index contributed by atoms with van der Waals surface area (Å²) in [7, 11) is 0. The first-order valence-electron chi connectivity index (χ1n) is 7.58. The summed E-state index contributed by atoms with van der Waals surface area (Å²) in [6, 6.07) is 0. The molecule has 94 valence electrons. The zero-order valence-corrected chi connectivity index (χ0v) is 10.8. The van der Waals surface area contributed by atoms with Crippen molar-refractivity contribution in [1.29, 1.82) is 0 Å². The number of Topliss-reactive ketones (excluding diaryl/α,β-unsaturated/α-hetero) is 1. The molecule has 0 aliphatic heterocycles. The standard InChI is InChI=1S/C16H24O/c17-16(13-6-4-2-1-3-5-7-13)15-11-12-8-9-14(15)10-12/h6,12,14-15H,1-5,7-11H2. The van der Waals surface area contributed by atoms with Gasteiger partial charge in [-0.1, -0.05) is 25.3 Å². The molecule has 17 heavy (non-hydrogen) atoms. The quantitative estimate of drug-likeness (QED) is 0.694. The minimum atomic E-state index is 0.416. The predicted molar refractivity (Wildman–Crippen MR) is 69.7 cm³/mol. The smallest absolute Gasteiger partial charge is 0.161 e. The van der Waals surface area contributed by atoms with Gasteiger partial charge in [-0.15, -0.1) is 0 Å². The van der Waals surface area contributed by atoms with Gasteiger partial charge in [-0.05, 0) is 62.4 Å². The largest absolute Gasteiger partial charge is 0.294 e. The van der Waals surface area contributed by atoms with Gasteiger partial charge in [0.1, 0.15) is 0 Å². The van der Waals surface area contributed by atoms with Gasteiger partial charge in [0.25, 0.3) is 0 Å². The van der Waals surface area contributed by atoms with Crippen molar-refractivity contribution in [1.82, 2.24) is 0 Å². The second-order valence-corrected chi connectivity index (χ2v) is 6.33. The van der Waals surface area contributed by atoms with E-state index in [1.807, 2.05) is 0 Å². The Morgan fingerprint density at radius 3 is 2.71 bits per heavy atom. The molecule has 3 unspecified atom stereocenters. The second-order valence-electron chi connectivity index (χ2n) is 6.33. The van der Waals surface area contributed by atoms with Gasteiger partial charge in [-0.2, -0.15) is 0 Å². The number of allylic oxidation sites excluding steroid dienone is 2. The van der Waals surface area contributed by atoms with Crippen molar-refractivity contribution in [3.63, 3.8) is 0 Å². The lowest BCUT2D eigenvalue weighted by Crippen LogP contribution is -2.22. The van der Waals surface area contributed by atoms with Gasteiger partial charge in [-0.3, -0.25) is 4.79 Å². The number of hydrogen-bond donors (Lipinski definition) is 0. The average Bonchev–Trinajstić information content (AvgIpc) is 2.89. The summed E-state index contributed by atoms with van der Waals surface area (Å²) in [4.78, 5) is 12.6. The lowest BCUT2D eigenvalue weighted by Gasteiger charge is -2.22. The topological polar surface area (TPSA) is 17.1 Å². The third-order valence-corrected chi connectivity index (χ3v) is 5.18. The summed E-state index contributed by atoms with van der Waals surface area (Å²) in [6.45, 7) is 0. The molecule has 0 aromatic carbocycles. The van der Waals surface area contributed by atoms with Crippen molar-refractivity contribution >= 4 is 5.78 Å². The lowest BCUT2D eigenvalue weighted by atomic mass is 9.81. The van der Waals surface area contributed by atoms with Crippen LogP contribution in [0.1, 0.15) is 64.2 Å². The maximum absolute atomic E-state index is 12.6. The minimum absolute atomic E-state index is 0.416. The van der Waals surface area contributed by atoms with Crippen molar-refractivity contribution in [2.24, 2.45) is 17.8 Å². The number of fused-ring (bicyclic) bond motifs is 2. The van der Waals surface area contributed by atoms with Crippen LogP contribution in [-0.4, -0.2) is 5.78 Å². The van der Waals surface area contributed by atoms with Crippen LogP contribution in [0, 0.1) is 17.8 Å². The highest BCUT2D eigenvalue weighted by Crippen LogP contribution is 2.49.